The second-order valence-corrected chi connectivity index (χ2v) is 5.66. The quantitative estimate of drug-likeness (QED) is 0.432. The number of hydrazine groups is 1. The van der Waals surface area contributed by atoms with E-state index in [9.17, 15) is 4.79 Å². The molecule has 0 aliphatic carbocycles. The van der Waals surface area contributed by atoms with E-state index in [0.29, 0.717) is 5.56 Å². The summed E-state index contributed by atoms with van der Waals surface area (Å²) in [6.45, 7) is 4.32. The molecular formula is C15H22N6O2. The van der Waals surface area contributed by atoms with Gasteiger partial charge < -0.3 is 10.1 Å². The fourth-order valence-corrected chi connectivity index (χ4v) is 2.85. The van der Waals surface area contributed by atoms with Crippen molar-refractivity contribution >= 4 is 22.6 Å². The fourth-order valence-electron chi connectivity index (χ4n) is 2.85. The Kier molecular flexibility index (Phi) is 4.73. The van der Waals surface area contributed by atoms with E-state index in [1.807, 2.05) is 4.68 Å². The number of aromatic nitrogens is 3. The van der Waals surface area contributed by atoms with Crippen LogP contribution in [0.1, 0.15) is 36.5 Å². The predicted octanol–water partition coefficient (Wildman–Crippen LogP) is 1.04. The van der Waals surface area contributed by atoms with Gasteiger partial charge in [-0.15, -0.1) is 0 Å². The van der Waals surface area contributed by atoms with Gasteiger partial charge in [0.1, 0.15) is 0 Å². The summed E-state index contributed by atoms with van der Waals surface area (Å²) in [7, 11) is 0. The van der Waals surface area contributed by atoms with Gasteiger partial charge in [0, 0.05) is 32.0 Å². The van der Waals surface area contributed by atoms with Gasteiger partial charge in [0.05, 0.1) is 22.8 Å². The number of aryl methyl sites for hydroxylation is 1. The number of rotatable bonds is 5. The van der Waals surface area contributed by atoms with Crippen molar-refractivity contribution in [2.24, 2.45) is 5.84 Å². The van der Waals surface area contributed by atoms with Gasteiger partial charge in [0.2, 0.25) is 0 Å². The molecule has 0 bridgehead atoms. The molecule has 0 unspecified atom stereocenters. The maximum absolute atomic E-state index is 12.1. The minimum absolute atomic E-state index is 0.258. The number of nitrogen functional groups attached to an aromatic ring is 1. The molecule has 2 aromatic heterocycles. The normalized spacial score (nSPS) is 15.7. The minimum atomic E-state index is -0.364. The van der Waals surface area contributed by atoms with Crippen LogP contribution in [-0.4, -0.2) is 39.9 Å². The third-order valence-corrected chi connectivity index (χ3v) is 4.05. The van der Waals surface area contributed by atoms with Crippen molar-refractivity contribution in [3.05, 3.63) is 18.0 Å². The molecule has 1 aliphatic rings. The summed E-state index contributed by atoms with van der Waals surface area (Å²) in [5.41, 5.74) is 4.13. The van der Waals surface area contributed by atoms with Gasteiger partial charge >= 0.3 is 0 Å². The van der Waals surface area contributed by atoms with Gasteiger partial charge in [0.25, 0.3) is 5.91 Å². The number of carbonyl (C=O) groups excluding carboxylic acids is 1. The number of pyridine rings is 1. The maximum Gasteiger partial charge on any atom is 0.268 e. The van der Waals surface area contributed by atoms with E-state index in [1.54, 1.807) is 12.4 Å². The Hall–Kier alpha value is -2.19. The van der Waals surface area contributed by atoms with Gasteiger partial charge in [0.15, 0.2) is 5.65 Å². The minimum Gasteiger partial charge on any atom is -0.381 e. The predicted molar refractivity (Wildman–Crippen MR) is 86.9 cm³/mol. The summed E-state index contributed by atoms with van der Waals surface area (Å²) in [4.78, 5) is 16.5. The Morgan fingerprint density at radius 2 is 2.22 bits per heavy atom. The SMILES string of the molecule is CCCn1ncc2c(NC3CCOCC3)c(C(=O)NN)cnc21. The third-order valence-electron chi connectivity index (χ3n) is 4.05. The number of nitrogens with zero attached hydrogens (tertiary/aromatic N) is 3. The van der Waals surface area contributed by atoms with E-state index in [-0.39, 0.29) is 11.9 Å². The number of ether oxygens (including phenoxy) is 1. The molecule has 124 valence electrons. The topological polar surface area (TPSA) is 107 Å². The molecule has 0 spiro atoms. The van der Waals surface area contributed by atoms with Crippen LogP contribution >= 0.6 is 0 Å². The number of carbonyl (C=O) groups is 1. The standard InChI is InChI=1S/C15H22N6O2/c1-2-5-21-14-11(9-18-21)13(12(8-17-14)15(22)20-16)19-10-3-6-23-7-4-10/h8-10H,2-7,16H2,1H3,(H,17,19)(H,20,22). The zero-order chi connectivity index (χ0) is 16.2. The molecule has 23 heavy (non-hydrogen) atoms. The Morgan fingerprint density at radius 3 is 2.91 bits per heavy atom. The number of hydrogen-bond donors (Lipinski definition) is 3. The van der Waals surface area contributed by atoms with Crippen LogP contribution in [0.3, 0.4) is 0 Å². The monoisotopic (exact) mass is 318 g/mol. The molecule has 4 N–H and O–H groups in total. The van der Waals surface area contributed by atoms with Gasteiger partial charge in [-0.1, -0.05) is 6.92 Å². The summed E-state index contributed by atoms with van der Waals surface area (Å²) in [6.07, 6.45) is 6.08. The first kappa shape index (κ1) is 15.7. The molecule has 2 aromatic rings. The van der Waals surface area contributed by atoms with Crippen LogP contribution in [-0.2, 0) is 11.3 Å². The molecule has 0 aromatic carbocycles. The number of amides is 1. The molecule has 1 amide bonds. The van der Waals surface area contributed by atoms with Gasteiger partial charge in [-0.2, -0.15) is 5.10 Å². The van der Waals surface area contributed by atoms with Crippen molar-refractivity contribution in [1.82, 2.24) is 20.2 Å². The van der Waals surface area contributed by atoms with Gasteiger partial charge in [-0.3, -0.25) is 10.2 Å². The average Bonchev–Trinajstić information content (AvgIpc) is 2.99. The lowest BCUT2D eigenvalue weighted by atomic mass is 10.1. The molecule has 1 fully saturated rings. The summed E-state index contributed by atoms with van der Waals surface area (Å²) in [6, 6.07) is 0.258. The summed E-state index contributed by atoms with van der Waals surface area (Å²) in [5.74, 6) is 4.94. The van der Waals surface area contributed by atoms with E-state index in [4.69, 9.17) is 10.6 Å². The largest absolute Gasteiger partial charge is 0.381 e. The van der Waals surface area contributed by atoms with Crippen LogP contribution in [0, 0.1) is 0 Å². The maximum atomic E-state index is 12.1. The van der Waals surface area contributed by atoms with Crippen molar-refractivity contribution in [3.63, 3.8) is 0 Å². The highest BCUT2D eigenvalue weighted by Crippen LogP contribution is 2.28. The molecule has 0 atom stereocenters. The van der Waals surface area contributed by atoms with Crippen molar-refractivity contribution in [2.45, 2.75) is 38.8 Å². The Balaban J connectivity index is 2.03. The number of nitrogens with two attached hydrogens (primary N) is 1. The van der Waals surface area contributed by atoms with Crippen molar-refractivity contribution in [2.75, 3.05) is 18.5 Å². The highest BCUT2D eigenvalue weighted by molar-refractivity contribution is 6.06. The summed E-state index contributed by atoms with van der Waals surface area (Å²) < 4.78 is 7.25. The highest BCUT2D eigenvalue weighted by atomic mass is 16.5. The highest BCUT2D eigenvalue weighted by Gasteiger charge is 2.21. The first-order valence-electron chi connectivity index (χ1n) is 7.94. The Morgan fingerprint density at radius 1 is 1.43 bits per heavy atom. The third kappa shape index (κ3) is 3.13. The molecule has 8 nitrogen and oxygen atoms in total. The fraction of sp³-hybridized carbons (Fsp3) is 0.533. The lowest BCUT2D eigenvalue weighted by molar-refractivity contribution is 0.0904. The zero-order valence-corrected chi connectivity index (χ0v) is 13.2. The smallest absolute Gasteiger partial charge is 0.268 e. The number of anilines is 1. The lowest BCUT2D eigenvalue weighted by Crippen LogP contribution is -2.33. The van der Waals surface area contributed by atoms with Crippen LogP contribution in [0.4, 0.5) is 5.69 Å². The number of fused-ring (bicyclic) bond motifs is 1. The van der Waals surface area contributed by atoms with Crippen LogP contribution in [0.2, 0.25) is 0 Å². The van der Waals surface area contributed by atoms with E-state index >= 15 is 0 Å². The van der Waals surface area contributed by atoms with Gasteiger partial charge in [-0.25, -0.2) is 15.5 Å². The average molecular weight is 318 g/mol. The van der Waals surface area contributed by atoms with Crippen LogP contribution in [0.5, 0.6) is 0 Å². The molecule has 0 radical (unpaired) electrons. The molecule has 3 heterocycles. The van der Waals surface area contributed by atoms with Crippen molar-refractivity contribution < 1.29 is 9.53 Å². The number of hydrogen-bond acceptors (Lipinski definition) is 6. The van der Waals surface area contributed by atoms with E-state index in [2.05, 4.69) is 27.7 Å². The Bertz CT molecular complexity index is 693. The second-order valence-electron chi connectivity index (χ2n) is 5.66. The molecule has 1 saturated heterocycles. The zero-order valence-electron chi connectivity index (χ0n) is 13.2. The lowest BCUT2D eigenvalue weighted by Gasteiger charge is -2.25. The molecule has 3 rings (SSSR count). The molecule has 8 heteroatoms. The van der Waals surface area contributed by atoms with Crippen LogP contribution < -0.4 is 16.6 Å². The van der Waals surface area contributed by atoms with E-state index in [1.165, 1.54) is 0 Å². The second kappa shape index (κ2) is 6.93. The molecular weight excluding hydrogens is 296 g/mol. The summed E-state index contributed by atoms with van der Waals surface area (Å²) in [5, 5.41) is 8.70. The molecule has 0 saturated carbocycles. The molecule has 1 aliphatic heterocycles. The van der Waals surface area contributed by atoms with Crippen molar-refractivity contribution in [3.8, 4) is 0 Å². The first-order valence-corrected chi connectivity index (χ1v) is 7.94. The van der Waals surface area contributed by atoms with Crippen LogP contribution in [0.25, 0.3) is 11.0 Å². The Labute approximate surface area is 134 Å². The van der Waals surface area contributed by atoms with Crippen LogP contribution in [0.15, 0.2) is 12.4 Å². The van der Waals surface area contributed by atoms with E-state index < -0.39 is 0 Å². The van der Waals surface area contributed by atoms with E-state index in [0.717, 1.165) is 55.7 Å². The van der Waals surface area contributed by atoms with Crippen molar-refractivity contribution in [1.29, 1.82) is 0 Å². The number of nitrogens with one attached hydrogen (secondary N) is 2. The summed E-state index contributed by atoms with van der Waals surface area (Å²) >= 11 is 0. The first-order chi connectivity index (χ1) is 11.2. The van der Waals surface area contributed by atoms with Gasteiger partial charge in [-0.05, 0) is 19.3 Å².